The molecule has 0 N–H and O–H groups in total. The van der Waals surface area contributed by atoms with Crippen LogP contribution in [0, 0.1) is 0 Å². The van der Waals surface area contributed by atoms with Crippen LogP contribution in [-0.2, 0) is 21.2 Å². The zero-order valence-electron chi connectivity index (χ0n) is 11.5. The minimum absolute atomic E-state index is 0.176. The van der Waals surface area contributed by atoms with Gasteiger partial charge in [-0.2, -0.15) is 4.31 Å². The van der Waals surface area contributed by atoms with E-state index in [0.717, 1.165) is 30.6 Å². The molecule has 2 aliphatic rings. The summed E-state index contributed by atoms with van der Waals surface area (Å²) in [6.07, 6.45) is 2.47. The first kappa shape index (κ1) is 13.9. The molecule has 6 heteroatoms. The van der Waals surface area contributed by atoms with Gasteiger partial charge in [0.1, 0.15) is 5.75 Å². The second-order valence-corrected chi connectivity index (χ2v) is 7.15. The van der Waals surface area contributed by atoms with E-state index in [1.165, 1.54) is 0 Å². The molecule has 2 heterocycles. The first-order chi connectivity index (χ1) is 9.61. The van der Waals surface area contributed by atoms with Crippen molar-refractivity contribution in [3.8, 4) is 5.75 Å². The van der Waals surface area contributed by atoms with Gasteiger partial charge < -0.3 is 9.47 Å². The molecule has 0 aromatic heterocycles. The van der Waals surface area contributed by atoms with Gasteiger partial charge in [0, 0.05) is 26.6 Å². The fourth-order valence-electron chi connectivity index (χ4n) is 2.78. The lowest BCUT2D eigenvalue weighted by Gasteiger charge is -2.30. The maximum absolute atomic E-state index is 12.6. The lowest BCUT2D eigenvalue weighted by atomic mass is 10.1. The van der Waals surface area contributed by atoms with Gasteiger partial charge in [-0.05, 0) is 36.6 Å². The van der Waals surface area contributed by atoms with Gasteiger partial charge in [-0.15, -0.1) is 0 Å². The van der Waals surface area contributed by atoms with E-state index in [1.807, 2.05) is 0 Å². The van der Waals surface area contributed by atoms with E-state index >= 15 is 0 Å². The molecule has 0 radical (unpaired) electrons. The summed E-state index contributed by atoms with van der Waals surface area (Å²) in [5, 5.41) is 0. The van der Waals surface area contributed by atoms with Gasteiger partial charge in [-0.1, -0.05) is 0 Å². The Bertz CT molecular complexity index is 591. The highest BCUT2D eigenvalue weighted by molar-refractivity contribution is 7.89. The van der Waals surface area contributed by atoms with Crippen molar-refractivity contribution in [2.45, 2.75) is 30.3 Å². The Morgan fingerprint density at radius 1 is 1.30 bits per heavy atom. The number of piperidine rings is 1. The summed E-state index contributed by atoms with van der Waals surface area (Å²) < 4.78 is 37.5. The Balaban J connectivity index is 1.82. The molecule has 110 valence electrons. The third-order valence-corrected chi connectivity index (χ3v) is 5.93. The standard InChI is InChI=1S/C14H19NO4S/c1-18-12-4-7-15(8-5-12)20(16,17)13-2-3-14-11(10-13)6-9-19-14/h2-3,10,12H,4-9H2,1H3. The summed E-state index contributed by atoms with van der Waals surface area (Å²) in [4.78, 5) is 0.373. The molecule has 0 amide bonds. The maximum Gasteiger partial charge on any atom is 0.243 e. The number of fused-ring (bicyclic) bond motifs is 1. The highest BCUT2D eigenvalue weighted by Gasteiger charge is 2.30. The van der Waals surface area contributed by atoms with Crippen molar-refractivity contribution < 1.29 is 17.9 Å². The number of rotatable bonds is 3. The molecule has 0 bridgehead atoms. The van der Waals surface area contributed by atoms with Crippen LogP contribution in [0.15, 0.2) is 23.1 Å². The SMILES string of the molecule is COC1CCN(S(=O)(=O)c2ccc3c(c2)CCO3)CC1. The molecule has 5 nitrogen and oxygen atoms in total. The molecular formula is C14H19NO4S. The predicted molar refractivity (Wildman–Crippen MR) is 74.4 cm³/mol. The van der Waals surface area contributed by atoms with Gasteiger partial charge in [-0.3, -0.25) is 0 Å². The summed E-state index contributed by atoms with van der Waals surface area (Å²) >= 11 is 0. The molecule has 3 rings (SSSR count). The highest BCUT2D eigenvalue weighted by atomic mass is 32.2. The van der Waals surface area contributed by atoms with Gasteiger partial charge in [0.2, 0.25) is 10.0 Å². The fraction of sp³-hybridized carbons (Fsp3) is 0.571. The van der Waals surface area contributed by atoms with E-state index in [9.17, 15) is 8.42 Å². The van der Waals surface area contributed by atoms with Crippen molar-refractivity contribution in [2.24, 2.45) is 0 Å². The minimum atomic E-state index is -3.39. The predicted octanol–water partition coefficient (Wildman–Crippen LogP) is 1.42. The first-order valence-corrected chi connectivity index (χ1v) is 8.34. The Morgan fingerprint density at radius 3 is 2.75 bits per heavy atom. The van der Waals surface area contributed by atoms with Crippen LogP contribution in [0.1, 0.15) is 18.4 Å². The number of hydrogen-bond acceptors (Lipinski definition) is 4. The average Bonchev–Trinajstić information content (AvgIpc) is 2.94. The smallest absolute Gasteiger partial charge is 0.243 e. The average molecular weight is 297 g/mol. The third-order valence-electron chi connectivity index (χ3n) is 4.03. The van der Waals surface area contributed by atoms with Crippen molar-refractivity contribution >= 4 is 10.0 Å². The van der Waals surface area contributed by atoms with Gasteiger partial charge >= 0.3 is 0 Å². The summed E-state index contributed by atoms with van der Waals surface area (Å²) in [7, 11) is -1.72. The molecule has 0 aliphatic carbocycles. The van der Waals surface area contributed by atoms with E-state index < -0.39 is 10.0 Å². The van der Waals surface area contributed by atoms with Crippen molar-refractivity contribution in [2.75, 3.05) is 26.8 Å². The number of sulfonamides is 1. The topological polar surface area (TPSA) is 55.8 Å². The summed E-state index contributed by atoms with van der Waals surface area (Å²) in [5.41, 5.74) is 0.984. The first-order valence-electron chi connectivity index (χ1n) is 6.90. The van der Waals surface area contributed by atoms with Crippen molar-refractivity contribution in [3.05, 3.63) is 23.8 Å². The lowest BCUT2D eigenvalue weighted by Crippen LogP contribution is -2.40. The number of hydrogen-bond donors (Lipinski definition) is 0. The molecule has 1 aromatic rings. The van der Waals surface area contributed by atoms with Crippen molar-refractivity contribution in [1.82, 2.24) is 4.31 Å². The molecule has 1 fully saturated rings. The van der Waals surface area contributed by atoms with E-state index in [1.54, 1.807) is 29.6 Å². The van der Waals surface area contributed by atoms with E-state index in [-0.39, 0.29) is 6.10 Å². The molecule has 0 unspecified atom stereocenters. The minimum Gasteiger partial charge on any atom is -0.493 e. The zero-order chi connectivity index (χ0) is 14.2. The molecule has 0 saturated carbocycles. The molecule has 2 aliphatic heterocycles. The molecule has 0 spiro atoms. The zero-order valence-corrected chi connectivity index (χ0v) is 12.4. The molecule has 20 heavy (non-hydrogen) atoms. The summed E-state index contributed by atoms with van der Waals surface area (Å²) in [5.74, 6) is 0.807. The number of nitrogens with zero attached hydrogens (tertiary/aromatic N) is 1. The van der Waals surface area contributed by atoms with Crippen LogP contribution in [0.2, 0.25) is 0 Å². The van der Waals surface area contributed by atoms with Gasteiger partial charge in [0.15, 0.2) is 0 Å². The maximum atomic E-state index is 12.6. The second kappa shape index (κ2) is 5.35. The highest BCUT2D eigenvalue weighted by Crippen LogP contribution is 2.29. The van der Waals surface area contributed by atoms with Crippen molar-refractivity contribution in [1.29, 1.82) is 0 Å². The number of benzene rings is 1. The van der Waals surface area contributed by atoms with Crippen LogP contribution in [0.5, 0.6) is 5.75 Å². The fourth-order valence-corrected chi connectivity index (χ4v) is 4.30. The van der Waals surface area contributed by atoms with Gasteiger partial charge in [0.05, 0.1) is 17.6 Å². The van der Waals surface area contributed by atoms with Crippen LogP contribution in [0.4, 0.5) is 0 Å². The Morgan fingerprint density at radius 2 is 2.05 bits per heavy atom. The quantitative estimate of drug-likeness (QED) is 0.847. The van der Waals surface area contributed by atoms with E-state index in [0.29, 0.717) is 24.6 Å². The van der Waals surface area contributed by atoms with Crippen molar-refractivity contribution in [3.63, 3.8) is 0 Å². The Kier molecular flexibility index (Phi) is 3.70. The summed E-state index contributed by atoms with van der Waals surface area (Å²) in [6, 6.07) is 5.15. The van der Waals surface area contributed by atoms with Crippen LogP contribution in [0.3, 0.4) is 0 Å². The molecule has 1 aromatic carbocycles. The normalized spacial score (nSPS) is 20.6. The number of ether oxygens (including phenoxy) is 2. The Hall–Kier alpha value is -1.11. The molecule has 1 saturated heterocycles. The van der Waals surface area contributed by atoms with Gasteiger partial charge in [-0.25, -0.2) is 8.42 Å². The van der Waals surface area contributed by atoms with Crippen LogP contribution in [-0.4, -0.2) is 45.6 Å². The van der Waals surface area contributed by atoms with Gasteiger partial charge in [0.25, 0.3) is 0 Å². The lowest BCUT2D eigenvalue weighted by molar-refractivity contribution is 0.0604. The largest absolute Gasteiger partial charge is 0.493 e. The van der Waals surface area contributed by atoms with Crippen LogP contribution < -0.4 is 4.74 Å². The van der Waals surface area contributed by atoms with E-state index in [4.69, 9.17) is 9.47 Å². The van der Waals surface area contributed by atoms with Crippen LogP contribution in [0.25, 0.3) is 0 Å². The third kappa shape index (κ3) is 2.43. The molecule has 0 atom stereocenters. The molecular weight excluding hydrogens is 278 g/mol. The Labute approximate surface area is 119 Å². The summed E-state index contributed by atoms with van der Waals surface area (Å²) in [6.45, 7) is 1.68. The monoisotopic (exact) mass is 297 g/mol. The number of methoxy groups -OCH3 is 1. The second-order valence-electron chi connectivity index (χ2n) is 5.21. The van der Waals surface area contributed by atoms with E-state index in [2.05, 4.69) is 0 Å². The van der Waals surface area contributed by atoms with Crippen LogP contribution >= 0.6 is 0 Å².